The van der Waals surface area contributed by atoms with Crippen LogP contribution in [0.5, 0.6) is 5.75 Å². The molecule has 2 N–H and O–H groups in total. The molecular weight excluding hydrogens is 453 g/mol. The van der Waals surface area contributed by atoms with Crippen LogP contribution < -0.4 is 15.4 Å². The minimum atomic E-state index is -0.905. The number of ether oxygens (including phenoxy) is 1. The largest absolute Gasteiger partial charge is 0.492 e. The van der Waals surface area contributed by atoms with Gasteiger partial charge in [0.1, 0.15) is 12.4 Å². The van der Waals surface area contributed by atoms with Crippen molar-refractivity contribution in [3.05, 3.63) is 29.8 Å². The number of likely N-dealkylation sites (tertiary alicyclic amines) is 1. The van der Waals surface area contributed by atoms with E-state index in [2.05, 4.69) is 27.4 Å². The summed E-state index contributed by atoms with van der Waals surface area (Å²) < 4.78 is 31.4. The van der Waals surface area contributed by atoms with Gasteiger partial charge in [0.25, 0.3) is 0 Å². The van der Waals surface area contributed by atoms with E-state index in [0.29, 0.717) is 24.9 Å². The fourth-order valence-corrected chi connectivity index (χ4v) is 2.91. The number of nitrogens with one attached hydrogen (secondary N) is 2. The normalized spacial score (nSPS) is 16.1. The molecule has 1 heterocycles. The second-order valence-electron chi connectivity index (χ2n) is 6.18. The molecule has 1 fully saturated rings. The Balaban J connectivity index is 0.00000338. The molecule has 0 unspecified atom stereocenters. The molecule has 0 amide bonds. The Morgan fingerprint density at radius 3 is 2.62 bits per heavy atom. The standard InChI is InChI=1S/C18H28F2N4O.HI/c1-3-9-24-10-6-14(7-11-24)23-18(21-2)22-8-12-25-15-4-5-16(19)17(20)13-15;/h4-5,13-14H,3,6-12H2,1-2H3,(H2,21,22,23);1H. The fraction of sp³-hybridized carbons (Fsp3) is 0.611. The van der Waals surface area contributed by atoms with Gasteiger partial charge < -0.3 is 20.3 Å². The van der Waals surface area contributed by atoms with E-state index >= 15 is 0 Å². The molecule has 148 valence electrons. The molecule has 1 aromatic rings. The third-order valence-electron chi connectivity index (χ3n) is 4.25. The summed E-state index contributed by atoms with van der Waals surface area (Å²) in [6.07, 6.45) is 3.40. The molecule has 1 aliphatic rings. The Morgan fingerprint density at radius 2 is 2.00 bits per heavy atom. The second kappa shape index (κ2) is 12.3. The van der Waals surface area contributed by atoms with Crippen LogP contribution in [0.15, 0.2) is 23.2 Å². The number of guanidine groups is 1. The number of benzene rings is 1. The van der Waals surface area contributed by atoms with Crippen molar-refractivity contribution < 1.29 is 13.5 Å². The molecular formula is C18H29F2IN4O. The summed E-state index contributed by atoms with van der Waals surface area (Å²) in [5.74, 6) is -0.729. The first-order valence-electron chi connectivity index (χ1n) is 8.89. The van der Waals surface area contributed by atoms with Crippen LogP contribution in [0, 0.1) is 11.6 Å². The zero-order valence-corrected chi connectivity index (χ0v) is 17.8. The van der Waals surface area contributed by atoms with Gasteiger partial charge in [-0.15, -0.1) is 24.0 Å². The summed E-state index contributed by atoms with van der Waals surface area (Å²) in [5, 5.41) is 6.61. The van der Waals surface area contributed by atoms with E-state index in [4.69, 9.17) is 4.74 Å². The van der Waals surface area contributed by atoms with Crippen molar-refractivity contribution in [2.24, 2.45) is 4.99 Å². The minimum Gasteiger partial charge on any atom is -0.492 e. The summed E-state index contributed by atoms with van der Waals surface area (Å²) in [7, 11) is 1.73. The van der Waals surface area contributed by atoms with Crippen molar-refractivity contribution in [1.82, 2.24) is 15.5 Å². The van der Waals surface area contributed by atoms with E-state index in [1.807, 2.05) is 0 Å². The molecule has 0 aromatic heterocycles. The van der Waals surface area contributed by atoms with Gasteiger partial charge in [0.05, 0.1) is 6.54 Å². The lowest BCUT2D eigenvalue weighted by atomic mass is 10.1. The van der Waals surface area contributed by atoms with Crippen molar-refractivity contribution in [2.45, 2.75) is 32.2 Å². The molecule has 0 aliphatic carbocycles. The summed E-state index contributed by atoms with van der Waals surface area (Å²) in [6.45, 7) is 6.46. The molecule has 1 aromatic carbocycles. The Kier molecular flexibility index (Phi) is 10.8. The fourth-order valence-electron chi connectivity index (χ4n) is 2.91. The Morgan fingerprint density at radius 1 is 1.27 bits per heavy atom. The lowest BCUT2D eigenvalue weighted by Gasteiger charge is -2.32. The van der Waals surface area contributed by atoms with Crippen LogP contribution in [0.4, 0.5) is 8.78 Å². The highest BCUT2D eigenvalue weighted by atomic mass is 127. The molecule has 0 atom stereocenters. The van der Waals surface area contributed by atoms with Crippen LogP contribution in [-0.2, 0) is 0 Å². The summed E-state index contributed by atoms with van der Waals surface area (Å²) in [4.78, 5) is 6.71. The van der Waals surface area contributed by atoms with Crippen LogP contribution >= 0.6 is 24.0 Å². The highest BCUT2D eigenvalue weighted by Gasteiger charge is 2.19. The average Bonchev–Trinajstić information content (AvgIpc) is 2.62. The lowest BCUT2D eigenvalue weighted by molar-refractivity contribution is 0.206. The van der Waals surface area contributed by atoms with Gasteiger partial charge in [-0.3, -0.25) is 4.99 Å². The number of nitrogens with zero attached hydrogens (tertiary/aromatic N) is 2. The Hall–Kier alpha value is -1.16. The number of aliphatic imine (C=N–C) groups is 1. The van der Waals surface area contributed by atoms with E-state index < -0.39 is 11.6 Å². The van der Waals surface area contributed by atoms with Gasteiger partial charge in [-0.2, -0.15) is 0 Å². The predicted octanol–water partition coefficient (Wildman–Crippen LogP) is 3.00. The summed E-state index contributed by atoms with van der Waals surface area (Å²) in [5.41, 5.74) is 0. The Labute approximate surface area is 171 Å². The van der Waals surface area contributed by atoms with Crippen molar-refractivity contribution in [3.63, 3.8) is 0 Å². The van der Waals surface area contributed by atoms with Crippen LogP contribution in [0.25, 0.3) is 0 Å². The SMILES string of the molecule is CCCN1CCC(NC(=NC)NCCOc2ccc(F)c(F)c2)CC1.I. The number of hydrogen-bond donors (Lipinski definition) is 2. The van der Waals surface area contributed by atoms with Gasteiger partial charge >= 0.3 is 0 Å². The van der Waals surface area contributed by atoms with Crippen LogP contribution in [-0.4, -0.2) is 56.7 Å². The topological polar surface area (TPSA) is 48.9 Å². The summed E-state index contributed by atoms with van der Waals surface area (Å²) in [6, 6.07) is 3.94. The van der Waals surface area contributed by atoms with Gasteiger partial charge in [-0.25, -0.2) is 8.78 Å². The second-order valence-corrected chi connectivity index (χ2v) is 6.18. The van der Waals surface area contributed by atoms with Gasteiger partial charge in [-0.05, 0) is 37.9 Å². The molecule has 0 saturated carbocycles. The smallest absolute Gasteiger partial charge is 0.191 e. The number of rotatable bonds is 7. The molecule has 0 spiro atoms. The van der Waals surface area contributed by atoms with E-state index in [9.17, 15) is 8.78 Å². The molecule has 0 radical (unpaired) electrons. The van der Waals surface area contributed by atoms with Crippen LogP contribution in [0.3, 0.4) is 0 Å². The quantitative estimate of drug-likeness (QED) is 0.272. The molecule has 1 saturated heterocycles. The van der Waals surface area contributed by atoms with E-state index in [-0.39, 0.29) is 24.0 Å². The molecule has 0 bridgehead atoms. The lowest BCUT2D eigenvalue weighted by Crippen LogP contribution is -2.49. The van der Waals surface area contributed by atoms with E-state index in [0.717, 1.165) is 44.0 Å². The van der Waals surface area contributed by atoms with Crippen LogP contribution in [0.2, 0.25) is 0 Å². The van der Waals surface area contributed by atoms with Gasteiger partial charge in [0.15, 0.2) is 17.6 Å². The van der Waals surface area contributed by atoms with E-state index in [1.54, 1.807) is 7.05 Å². The maximum atomic E-state index is 13.1. The third-order valence-corrected chi connectivity index (χ3v) is 4.25. The molecule has 2 rings (SSSR count). The first-order chi connectivity index (χ1) is 12.1. The average molecular weight is 482 g/mol. The van der Waals surface area contributed by atoms with Gasteiger partial charge in [0, 0.05) is 32.2 Å². The zero-order chi connectivity index (χ0) is 18.1. The highest BCUT2D eigenvalue weighted by Crippen LogP contribution is 2.15. The van der Waals surface area contributed by atoms with E-state index in [1.165, 1.54) is 19.0 Å². The van der Waals surface area contributed by atoms with Gasteiger partial charge in [0.2, 0.25) is 0 Å². The Bertz CT molecular complexity index is 566. The zero-order valence-electron chi connectivity index (χ0n) is 15.4. The number of piperidine rings is 1. The van der Waals surface area contributed by atoms with Crippen molar-refractivity contribution in [1.29, 1.82) is 0 Å². The van der Waals surface area contributed by atoms with Gasteiger partial charge in [-0.1, -0.05) is 6.92 Å². The monoisotopic (exact) mass is 482 g/mol. The maximum absolute atomic E-state index is 13.1. The highest BCUT2D eigenvalue weighted by molar-refractivity contribution is 14.0. The van der Waals surface area contributed by atoms with Crippen molar-refractivity contribution in [3.8, 4) is 5.75 Å². The first-order valence-corrected chi connectivity index (χ1v) is 8.89. The molecule has 5 nitrogen and oxygen atoms in total. The number of halogens is 3. The van der Waals surface area contributed by atoms with Crippen molar-refractivity contribution in [2.75, 3.05) is 39.8 Å². The molecule has 26 heavy (non-hydrogen) atoms. The van der Waals surface area contributed by atoms with Crippen molar-refractivity contribution >= 4 is 29.9 Å². The maximum Gasteiger partial charge on any atom is 0.191 e. The van der Waals surface area contributed by atoms with Crippen LogP contribution in [0.1, 0.15) is 26.2 Å². The predicted molar refractivity (Wildman–Crippen MR) is 112 cm³/mol. The molecule has 8 heteroatoms. The summed E-state index contributed by atoms with van der Waals surface area (Å²) >= 11 is 0. The molecule has 1 aliphatic heterocycles. The third kappa shape index (κ3) is 7.61. The minimum absolute atomic E-state index is 0. The first kappa shape index (κ1) is 22.9. The number of hydrogen-bond acceptors (Lipinski definition) is 3.